The molecule has 0 spiro atoms. The minimum atomic E-state index is -3.61. The van der Waals surface area contributed by atoms with Crippen LogP contribution in [-0.2, 0) is 29.5 Å². The van der Waals surface area contributed by atoms with E-state index >= 15 is 0 Å². The normalized spacial score (nSPS) is 20.4. The van der Waals surface area contributed by atoms with Gasteiger partial charge < -0.3 is 5.32 Å². The Morgan fingerprint density at radius 1 is 1.08 bits per heavy atom. The van der Waals surface area contributed by atoms with Gasteiger partial charge in [-0.25, -0.2) is 8.42 Å². The number of sulfonamides is 1. The van der Waals surface area contributed by atoms with E-state index in [9.17, 15) is 18.5 Å². The highest BCUT2D eigenvalue weighted by Gasteiger charge is 2.32. The van der Waals surface area contributed by atoms with Crippen molar-refractivity contribution in [3.63, 3.8) is 0 Å². The van der Waals surface area contributed by atoms with Gasteiger partial charge in [0.25, 0.3) is 5.91 Å². The molecule has 5 rings (SSSR count). The lowest BCUT2D eigenvalue weighted by Crippen LogP contribution is -2.42. The van der Waals surface area contributed by atoms with E-state index in [1.807, 2.05) is 18.2 Å². The lowest BCUT2D eigenvalue weighted by atomic mass is 9.94. The molecule has 2 aliphatic rings. The molecule has 1 saturated heterocycles. The van der Waals surface area contributed by atoms with Gasteiger partial charge in [0, 0.05) is 43.2 Å². The smallest absolute Gasteiger partial charge is 0.256 e. The number of nitriles is 1. The first kappa shape index (κ1) is 26.6. The van der Waals surface area contributed by atoms with Crippen LogP contribution in [0.5, 0.6) is 0 Å². The Morgan fingerprint density at radius 3 is 2.42 bits per heavy atom. The monoisotopic (exact) mass is 548 g/mol. The molecular weight excluding hydrogens is 516 g/mol. The van der Waals surface area contributed by atoms with Gasteiger partial charge in [0.15, 0.2) is 0 Å². The van der Waals surface area contributed by atoms with Crippen LogP contribution >= 0.6 is 11.3 Å². The second-order valence-electron chi connectivity index (χ2n) is 10.5. The third kappa shape index (κ3) is 5.54. The number of carbonyl (C=O) groups excluding carboxylic acids is 1. The maximum absolute atomic E-state index is 13.2. The van der Waals surface area contributed by atoms with Crippen LogP contribution in [0.25, 0.3) is 0 Å². The van der Waals surface area contributed by atoms with Crippen LogP contribution < -0.4 is 5.32 Å². The Bertz CT molecular complexity index is 1450. The van der Waals surface area contributed by atoms with Gasteiger partial charge in [-0.2, -0.15) is 9.57 Å². The molecule has 0 unspecified atom stereocenters. The minimum absolute atomic E-state index is 0.193. The number of benzene rings is 2. The van der Waals surface area contributed by atoms with Crippen LogP contribution in [0.4, 0.5) is 5.00 Å². The zero-order chi connectivity index (χ0) is 26.9. The van der Waals surface area contributed by atoms with E-state index in [4.69, 9.17) is 0 Å². The van der Waals surface area contributed by atoms with E-state index < -0.39 is 10.0 Å². The number of hydrogen-bond donors (Lipinski definition) is 1. The summed E-state index contributed by atoms with van der Waals surface area (Å²) in [7, 11) is -3.61. The zero-order valence-corrected chi connectivity index (χ0v) is 23.3. The molecule has 2 aromatic carbocycles. The number of fused-ring (bicyclic) bond motifs is 1. The standard InChI is InChI=1S/C29H32N4O3S2/c1-20-14-21(2)17-33(16-20)38(35,36)24-10-8-23(9-11-24)28(34)31-29-26(15-30)25-12-13-32(19-27(25)37-29)18-22-6-4-3-5-7-22/h3-11,20-21H,12-14,16-19H2,1-2H3,(H,31,34)/t20-,21-/m0/s1. The topological polar surface area (TPSA) is 93.5 Å². The molecule has 3 aromatic rings. The van der Waals surface area contributed by atoms with Gasteiger partial charge in [-0.05, 0) is 60.1 Å². The van der Waals surface area contributed by atoms with Crippen LogP contribution in [0.1, 0.15) is 52.2 Å². The maximum atomic E-state index is 13.2. The fourth-order valence-electron chi connectivity index (χ4n) is 5.54. The second kappa shape index (κ2) is 11.0. The van der Waals surface area contributed by atoms with E-state index in [-0.39, 0.29) is 10.8 Å². The van der Waals surface area contributed by atoms with Gasteiger partial charge in [-0.3, -0.25) is 9.69 Å². The predicted octanol–water partition coefficient (Wildman–Crippen LogP) is 5.10. The van der Waals surface area contributed by atoms with Gasteiger partial charge >= 0.3 is 0 Å². The molecule has 9 heteroatoms. The number of anilines is 1. The van der Waals surface area contributed by atoms with Crippen molar-refractivity contribution < 1.29 is 13.2 Å². The van der Waals surface area contributed by atoms with Gasteiger partial charge in [-0.1, -0.05) is 44.2 Å². The predicted molar refractivity (Wildman–Crippen MR) is 149 cm³/mol. The fraction of sp³-hybridized carbons (Fsp3) is 0.379. The summed E-state index contributed by atoms with van der Waals surface area (Å²) in [4.78, 5) is 16.7. The van der Waals surface area contributed by atoms with E-state index in [2.05, 4.69) is 42.3 Å². The summed E-state index contributed by atoms with van der Waals surface area (Å²) in [6.45, 7) is 7.60. The minimum Gasteiger partial charge on any atom is -0.312 e. The Balaban J connectivity index is 1.29. The summed E-state index contributed by atoms with van der Waals surface area (Å²) >= 11 is 1.45. The Morgan fingerprint density at radius 2 is 1.76 bits per heavy atom. The summed E-state index contributed by atoms with van der Waals surface area (Å²) in [6.07, 6.45) is 1.78. The molecule has 2 atom stereocenters. The lowest BCUT2D eigenvalue weighted by molar-refractivity contribution is 0.102. The molecule has 0 aliphatic carbocycles. The number of amides is 1. The van der Waals surface area contributed by atoms with Crippen LogP contribution in [-0.4, -0.2) is 43.2 Å². The van der Waals surface area contributed by atoms with Gasteiger partial charge in [0.2, 0.25) is 10.0 Å². The van der Waals surface area contributed by atoms with Crippen molar-refractivity contribution in [1.82, 2.24) is 9.21 Å². The van der Waals surface area contributed by atoms with E-state index in [0.29, 0.717) is 41.1 Å². The zero-order valence-electron chi connectivity index (χ0n) is 21.7. The maximum Gasteiger partial charge on any atom is 0.256 e. The molecule has 7 nitrogen and oxygen atoms in total. The quantitative estimate of drug-likeness (QED) is 0.463. The Labute approximate surface area is 228 Å². The van der Waals surface area contributed by atoms with Gasteiger partial charge in [0.05, 0.1) is 10.5 Å². The molecule has 198 valence electrons. The SMILES string of the molecule is C[C@H]1C[C@H](C)CN(S(=O)(=O)c2ccc(C(=O)Nc3sc4c(c3C#N)CCN(Cc3ccccc3)C4)cc2)C1. The summed E-state index contributed by atoms with van der Waals surface area (Å²) in [5.41, 5.74) is 3.15. The van der Waals surface area contributed by atoms with Crippen LogP contribution in [0.2, 0.25) is 0 Å². The molecule has 1 fully saturated rings. The lowest BCUT2D eigenvalue weighted by Gasteiger charge is -2.34. The molecule has 0 saturated carbocycles. The van der Waals surface area contributed by atoms with Crippen molar-refractivity contribution in [1.29, 1.82) is 5.26 Å². The van der Waals surface area contributed by atoms with Gasteiger partial charge in [0.1, 0.15) is 11.1 Å². The van der Waals surface area contributed by atoms with Crippen molar-refractivity contribution >= 4 is 32.3 Å². The van der Waals surface area contributed by atoms with E-state index in [1.165, 1.54) is 29.0 Å². The first-order valence-electron chi connectivity index (χ1n) is 13.0. The number of thiophene rings is 1. The molecule has 0 bridgehead atoms. The molecule has 1 amide bonds. The van der Waals surface area contributed by atoms with Crippen molar-refractivity contribution in [3.05, 3.63) is 81.7 Å². The molecule has 1 aromatic heterocycles. The average molecular weight is 549 g/mol. The van der Waals surface area contributed by atoms with Crippen LogP contribution in [0.3, 0.4) is 0 Å². The number of rotatable bonds is 6. The van der Waals surface area contributed by atoms with Gasteiger partial charge in [-0.15, -0.1) is 11.3 Å². The highest BCUT2D eigenvalue weighted by atomic mass is 32.2. The van der Waals surface area contributed by atoms with Crippen molar-refractivity contribution in [2.45, 2.75) is 44.7 Å². The average Bonchev–Trinajstić information content (AvgIpc) is 3.24. The number of carbonyl (C=O) groups is 1. The molecule has 38 heavy (non-hydrogen) atoms. The molecule has 3 heterocycles. The summed E-state index contributed by atoms with van der Waals surface area (Å²) in [5, 5.41) is 13.3. The summed E-state index contributed by atoms with van der Waals surface area (Å²) < 4.78 is 27.9. The third-order valence-corrected chi connectivity index (χ3v) is 10.3. The first-order chi connectivity index (χ1) is 18.2. The highest BCUT2D eigenvalue weighted by Crippen LogP contribution is 2.37. The number of nitrogens with one attached hydrogen (secondary N) is 1. The van der Waals surface area contributed by atoms with Crippen LogP contribution in [0, 0.1) is 23.2 Å². The van der Waals surface area contributed by atoms with Crippen molar-refractivity contribution in [2.75, 3.05) is 25.0 Å². The number of piperidine rings is 1. The highest BCUT2D eigenvalue weighted by molar-refractivity contribution is 7.89. The van der Waals surface area contributed by atoms with E-state index in [1.54, 1.807) is 16.4 Å². The number of nitrogens with zero attached hydrogens (tertiary/aromatic N) is 3. The number of hydrogen-bond acceptors (Lipinski definition) is 6. The van der Waals surface area contributed by atoms with Crippen molar-refractivity contribution in [3.8, 4) is 6.07 Å². The molecule has 1 N–H and O–H groups in total. The van der Waals surface area contributed by atoms with E-state index in [0.717, 1.165) is 42.9 Å². The van der Waals surface area contributed by atoms with Crippen molar-refractivity contribution in [2.24, 2.45) is 11.8 Å². The van der Waals surface area contributed by atoms with Crippen LogP contribution in [0.15, 0.2) is 59.5 Å². The Hall–Kier alpha value is -3.03. The Kier molecular flexibility index (Phi) is 7.68. The summed E-state index contributed by atoms with van der Waals surface area (Å²) in [5.74, 6) is 0.273. The molecular formula is C29H32N4O3S2. The third-order valence-electron chi connectivity index (χ3n) is 7.31. The molecule has 2 aliphatic heterocycles. The largest absolute Gasteiger partial charge is 0.312 e. The second-order valence-corrected chi connectivity index (χ2v) is 13.6. The first-order valence-corrected chi connectivity index (χ1v) is 15.2. The summed E-state index contributed by atoms with van der Waals surface area (Å²) in [6, 6.07) is 18.7. The fourth-order valence-corrected chi connectivity index (χ4v) is 8.46. The molecule has 0 radical (unpaired) electrons.